The molecule has 10 heteroatoms. The molecule has 0 radical (unpaired) electrons. The Morgan fingerprint density at radius 1 is 1.13 bits per heavy atom. The fraction of sp³-hybridized carbons (Fsp3) is 0.550. The van der Waals surface area contributed by atoms with E-state index in [0.29, 0.717) is 5.69 Å². The molecular weight excluding hydrogens is 411 g/mol. The lowest BCUT2D eigenvalue weighted by atomic mass is 9.99. The Balaban J connectivity index is 1.72. The van der Waals surface area contributed by atoms with Crippen LogP contribution in [-0.2, 0) is 9.84 Å². The number of likely N-dealkylation sites (tertiary alicyclic amines) is 1. The summed E-state index contributed by atoms with van der Waals surface area (Å²) in [5, 5.41) is -0.0823. The largest absolute Gasteiger partial charge is 0.472 e. The van der Waals surface area contributed by atoms with Gasteiger partial charge >= 0.3 is 0 Å². The van der Waals surface area contributed by atoms with E-state index >= 15 is 0 Å². The number of hydrogen-bond donors (Lipinski definition) is 0. The van der Waals surface area contributed by atoms with E-state index in [4.69, 9.17) is 9.47 Å². The molecule has 2 aromatic rings. The SMILES string of the molecule is Cc1nc(S(C)(=O)=O)ccc1Oc1ncnc(OC2CCN(C(C)(C)C)CC2)c1F. The molecule has 0 N–H and O–H groups in total. The van der Waals surface area contributed by atoms with Crippen LogP contribution in [0.5, 0.6) is 17.5 Å². The smallest absolute Gasteiger partial charge is 0.263 e. The molecule has 0 unspecified atom stereocenters. The van der Waals surface area contributed by atoms with Crippen molar-refractivity contribution in [2.75, 3.05) is 19.3 Å². The number of ether oxygens (including phenoxy) is 2. The Bertz CT molecular complexity index is 1020. The topological polar surface area (TPSA) is 94.5 Å². The van der Waals surface area contributed by atoms with Crippen LogP contribution < -0.4 is 9.47 Å². The molecule has 3 heterocycles. The molecular formula is C20H27FN4O4S. The Kier molecular flexibility index (Phi) is 6.28. The van der Waals surface area contributed by atoms with E-state index in [0.717, 1.165) is 32.2 Å². The zero-order valence-electron chi connectivity index (χ0n) is 17.8. The van der Waals surface area contributed by atoms with Gasteiger partial charge in [-0.2, -0.15) is 14.4 Å². The third-order valence-corrected chi connectivity index (χ3v) is 5.98. The van der Waals surface area contributed by atoms with Gasteiger partial charge in [0, 0.05) is 24.9 Å². The molecule has 0 amide bonds. The molecule has 0 atom stereocenters. The van der Waals surface area contributed by atoms with Crippen molar-refractivity contribution in [3.63, 3.8) is 0 Å². The highest BCUT2D eigenvalue weighted by Gasteiger charge is 2.29. The van der Waals surface area contributed by atoms with Crippen molar-refractivity contribution in [1.82, 2.24) is 19.9 Å². The number of rotatable bonds is 5. The fourth-order valence-electron chi connectivity index (χ4n) is 3.24. The van der Waals surface area contributed by atoms with Crippen LogP contribution in [-0.4, -0.2) is 59.3 Å². The number of pyridine rings is 1. The summed E-state index contributed by atoms with van der Waals surface area (Å²) in [5.41, 5.74) is 0.387. The first-order chi connectivity index (χ1) is 13.9. The highest BCUT2D eigenvalue weighted by Crippen LogP contribution is 2.30. The Hall–Kier alpha value is -2.33. The second kappa shape index (κ2) is 8.43. The first kappa shape index (κ1) is 22.4. The summed E-state index contributed by atoms with van der Waals surface area (Å²) in [6.45, 7) is 9.80. The molecule has 1 aliphatic rings. The molecule has 0 saturated carbocycles. The number of aromatic nitrogens is 3. The summed E-state index contributed by atoms with van der Waals surface area (Å²) >= 11 is 0. The van der Waals surface area contributed by atoms with Gasteiger partial charge in [-0.05, 0) is 52.7 Å². The number of nitrogens with zero attached hydrogens (tertiary/aromatic N) is 4. The van der Waals surface area contributed by atoms with Crippen LogP contribution in [0.4, 0.5) is 4.39 Å². The molecule has 0 bridgehead atoms. The van der Waals surface area contributed by atoms with Gasteiger partial charge in [-0.1, -0.05) is 0 Å². The number of sulfone groups is 1. The third kappa shape index (κ3) is 5.23. The highest BCUT2D eigenvalue weighted by molar-refractivity contribution is 7.90. The average Bonchev–Trinajstić information content (AvgIpc) is 2.65. The van der Waals surface area contributed by atoms with Gasteiger partial charge in [0.05, 0.1) is 5.69 Å². The van der Waals surface area contributed by atoms with E-state index < -0.39 is 15.7 Å². The number of aryl methyl sites for hydroxylation is 1. The van der Waals surface area contributed by atoms with Crippen LogP contribution in [0.3, 0.4) is 0 Å². The fourth-order valence-corrected chi connectivity index (χ4v) is 3.86. The minimum absolute atomic E-state index is 0.0823. The van der Waals surface area contributed by atoms with Gasteiger partial charge in [-0.3, -0.25) is 4.90 Å². The van der Waals surface area contributed by atoms with Gasteiger partial charge in [-0.25, -0.2) is 13.4 Å². The summed E-state index contributed by atoms with van der Waals surface area (Å²) in [5.74, 6) is -1.07. The normalized spacial score (nSPS) is 16.5. The van der Waals surface area contributed by atoms with Gasteiger partial charge in [-0.15, -0.1) is 0 Å². The van der Waals surface area contributed by atoms with E-state index in [-0.39, 0.29) is 34.2 Å². The zero-order chi connectivity index (χ0) is 22.1. The van der Waals surface area contributed by atoms with Crippen molar-refractivity contribution in [2.45, 2.75) is 57.2 Å². The van der Waals surface area contributed by atoms with Crippen LogP contribution >= 0.6 is 0 Å². The predicted molar refractivity (Wildman–Crippen MR) is 109 cm³/mol. The first-order valence-corrected chi connectivity index (χ1v) is 11.6. The van der Waals surface area contributed by atoms with E-state index in [9.17, 15) is 12.8 Å². The van der Waals surface area contributed by atoms with Gasteiger partial charge in [0.25, 0.3) is 11.8 Å². The minimum Gasteiger partial charge on any atom is -0.472 e. The Morgan fingerprint density at radius 3 is 2.33 bits per heavy atom. The van der Waals surface area contributed by atoms with E-state index in [1.165, 1.54) is 18.5 Å². The summed E-state index contributed by atoms with van der Waals surface area (Å²) in [4.78, 5) is 14.1. The monoisotopic (exact) mass is 438 g/mol. The summed E-state index contributed by atoms with van der Waals surface area (Å²) in [6, 6.07) is 2.72. The van der Waals surface area contributed by atoms with E-state index in [1.807, 2.05) is 0 Å². The maximum Gasteiger partial charge on any atom is 0.263 e. The lowest BCUT2D eigenvalue weighted by Gasteiger charge is -2.40. The molecule has 0 aliphatic carbocycles. The first-order valence-electron chi connectivity index (χ1n) is 9.73. The van der Waals surface area contributed by atoms with Crippen molar-refractivity contribution in [3.8, 4) is 17.5 Å². The Morgan fingerprint density at radius 2 is 1.77 bits per heavy atom. The molecule has 0 spiro atoms. The standard InChI is InChI=1S/C20H27FN4O4S/c1-13-15(6-7-16(24-13)30(5,26)27)29-19-17(21)18(22-12-23-19)28-14-8-10-25(11-9-14)20(2,3)4/h6-7,12,14H,8-11H2,1-5H3. The van der Waals surface area contributed by atoms with Crippen LogP contribution in [0.25, 0.3) is 0 Å². The van der Waals surface area contributed by atoms with Crippen LogP contribution in [0, 0.1) is 12.7 Å². The zero-order valence-corrected chi connectivity index (χ0v) is 18.7. The van der Waals surface area contributed by atoms with E-state index in [1.54, 1.807) is 6.92 Å². The molecule has 164 valence electrons. The minimum atomic E-state index is -3.45. The maximum atomic E-state index is 14.9. The van der Waals surface area contributed by atoms with Crippen LogP contribution in [0.2, 0.25) is 0 Å². The second-order valence-corrected chi connectivity index (χ2v) is 10.3. The van der Waals surface area contributed by atoms with Crippen molar-refractivity contribution >= 4 is 9.84 Å². The number of hydrogen-bond acceptors (Lipinski definition) is 8. The predicted octanol–water partition coefficient (Wildman–Crippen LogP) is 3.16. The van der Waals surface area contributed by atoms with Gasteiger partial charge < -0.3 is 9.47 Å². The van der Waals surface area contributed by atoms with E-state index in [2.05, 4.69) is 40.6 Å². The quantitative estimate of drug-likeness (QED) is 0.703. The van der Waals surface area contributed by atoms with Crippen molar-refractivity contribution in [2.24, 2.45) is 0 Å². The number of halogens is 1. The molecule has 0 aromatic carbocycles. The van der Waals surface area contributed by atoms with Crippen LogP contribution in [0.1, 0.15) is 39.3 Å². The summed E-state index contributed by atoms with van der Waals surface area (Å²) < 4.78 is 49.4. The number of piperidine rings is 1. The van der Waals surface area contributed by atoms with Crippen molar-refractivity contribution < 1.29 is 22.3 Å². The third-order valence-electron chi connectivity index (χ3n) is 4.99. The molecule has 1 aliphatic heterocycles. The van der Waals surface area contributed by atoms with Crippen LogP contribution in [0.15, 0.2) is 23.5 Å². The lowest BCUT2D eigenvalue weighted by Crippen LogP contribution is -2.48. The van der Waals surface area contributed by atoms with Gasteiger partial charge in [0.2, 0.25) is 5.82 Å². The molecule has 2 aromatic heterocycles. The van der Waals surface area contributed by atoms with Gasteiger partial charge in [0.1, 0.15) is 12.4 Å². The van der Waals surface area contributed by atoms with Gasteiger partial charge in [0.15, 0.2) is 20.6 Å². The summed E-state index contributed by atoms with van der Waals surface area (Å²) in [6.07, 6.45) is 3.64. The molecule has 1 saturated heterocycles. The molecule has 30 heavy (non-hydrogen) atoms. The molecule has 8 nitrogen and oxygen atoms in total. The molecule has 1 fully saturated rings. The average molecular weight is 439 g/mol. The second-order valence-electron chi connectivity index (χ2n) is 8.38. The van der Waals surface area contributed by atoms with Crippen molar-refractivity contribution in [1.29, 1.82) is 0 Å². The van der Waals surface area contributed by atoms with Crippen molar-refractivity contribution in [3.05, 3.63) is 30.0 Å². The Labute approximate surface area is 176 Å². The molecule has 3 rings (SSSR count). The highest BCUT2D eigenvalue weighted by atomic mass is 32.2. The lowest BCUT2D eigenvalue weighted by molar-refractivity contribution is 0.0450. The summed E-state index contributed by atoms with van der Waals surface area (Å²) in [7, 11) is -3.45. The maximum absolute atomic E-state index is 14.9.